The average Bonchev–Trinajstić information content (AvgIpc) is 3.31. The van der Waals surface area contributed by atoms with Gasteiger partial charge >= 0.3 is 0 Å². The smallest absolute Gasteiger partial charge is 0.221 e. The number of carbonyl (C=O) groups excluding carboxylic acids is 1. The van der Waals surface area contributed by atoms with Crippen LogP contribution in [0.15, 0.2) is 52.0 Å². The molecule has 0 spiro atoms. The Kier molecular flexibility index (Phi) is 6.53. The molecule has 1 amide bonds. The van der Waals surface area contributed by atoms with E-state index in [1.165, 1.54) is 29.9 Å². The number of likely N-dealkylation sites (tertiary alicyclic amines) is 1. The molecule has 2 heterocycles. The minimum Gasteiger partial charge on any atom is -0.463 e. The van der Waals surface area contributed by atoms with Crippen LogP contribution >= 0.6 is 11.8 Å². The van der Waals surface area contributed by atoms with Crippen LogP contribution in [0, 0.1) is 5.82 Å². The molecule has 1 saturated heterocycles. The summed E-state index contributed by atoms with van der Waals surface area (Å²) in [6.45, 7) is 2.85. The average molecular weight is 363 g/mol. The van der Waals surface area contributed by atoms with Crippen molar-refractivity contribution in [1.82, 2.24) is 5.32 Å². The molecular formula is C19H24FN2O2S+. The number of quaternary nitrogens is 1. The van der Waals surface area contributed by atoms with E-state index in [0.29, 0.717) is 18.7 Å². The van der Waals surface area contributed by atoms with Gasteiger partial charge in [0, 0.05) is 29.9 Å². The van der Waals surface area contributed by atoms with Crippen molar-refractivity contribution in [2.75, 3.05) is 25.4 Å². The van der Waals surface area contributed by atoms with Crippen LogP contribution in [0.5, 0.6) is 0 Å². The first-order chi connectivity index (χ1) is 12.2. The number of benzene rings is 1. The molecule has 1 atom stereocenters. The van der Waals surface area contributed by atoms with E-state index < -0.39 is 0 Å². The number of hydrogen-bond acceptors (Lipinski definition) is 3. The van der Waals surface area contributed by atoms with Gasteiger partial charge in [0.05, 0.1) is 25.9 Å². The molecule has 4 nitrogen and oxygen atoms in total. The van der Waals surface area contributed by atoms with Crippen LogP contribution in [-0.4, -0.2) is 31.3 Å². The molecule has 1 aromatic heterocycles. The minimum atomic E-state index is -0.240. The summed E-state index contributed by atoms with van der Waals surface area (Å²) in [4.78, 5) is 14.6. The fourth-order valence-corrected chi connectivity index (χ4v) is 4.06. The lowest BCUT2D eigenvalue weighted by Gasteiger charge is -2.23. The Balaban J connectivity index is 1.44. The Hall–Kier alpha value is -1.79. The van der Waals surface area contributed by atoms with Crippen molar-refractivity contribution in [3.8, 4) is 0 Å². The quantitative estimate of drug-likeness (QED) is 0.708. The van der Waals surface area contributed by atoms with Gasteiger partial charge in [-0.05, 0) is 36.4 Å². The second kappa shape index (κ2) is 9.06. The Labute approximate surface area is 151 Å². The zero-order valence-electron chi connectivity index (χ0n) is 14.2. The highest BCUT2D eigenvalue weighted by atomic mass is 32.2. The van der Waals surface area contributed by atoms with Crippen LogP contribution in [0.4, 0.5) is 4.39 Å². The number of carbonyl (C=O) groups is 1. The van der Waals surface area contributed by atoms with Crippen molar-refractivity contribution in [3.63, 3.8) is 0 Å². The van der Waals surface area contributed by atoms with E-state index in [4.69, 9.17) is 4.42 Å². The van der Waals surface area contributed by atoms with Crippen LogP contribution in [0.25, 0.3) is 0 Å². The van der Waals surface area contributed by atoms with E-state index in [0.717, 1.165) is 23.7 Å². The van der Waals surface area contributed by atoms with Crippen LogP contribution in [0.3, 0.4) is 0 Å². The van der Waals surface area contributed by atoms with E-state index in [1.807, 2.05) is 12.1 Å². The normalized spacial score (nSPS) is 16.0. The lowest BCUT2D eigenvalue weighted by atomic mass is 10.2. The summed E-state index contributed by atoms with van der Waals surface area (Å²) in [5.74, 6) is 1.43. The summed E-state index contributed by atoms with van der Waals surface area (Å²) in [5.41, 5.74) is 0. The maximum atomic E-state index is 12.9. The lowest BCUT2D eigenvalue weighted by molar-refractivity contribution is -0.919. The van der Waals surface area contributed by atoms with Crippen molar-refractivity contribution in [1.29, 1.82) is 0 Å². The monoisotopic (exact) mass is 363 g/mol. The molecular weight excluding hydrogens is 339 g/mol. The molecule has 0 radical (unpaired) electrons. The van der Waals surface area contributed by atoms with E-state index in [2.05, 4.69) is 5.32 Å². The second-order valence-electron chi connectivity index (χ2n) is 6.29. The highest BCUT2D eigenvalue weighted by Crippen LogP contribution is 2.18. The van der Waals surface area contributed by atoms with Crippen LogP contribution in [0.1, 0.15) is 31.1 Å². The van der Waals surface area contributed by atoms with Crippen molar-refractivity contribution in [2.24, 2.45) is 0 Å². The number of hydrogen-bond donors (Lipinski definition) is 2. The number of thioether (sulfide) groups is 1. The molecule has 1 aliphatic heterocycles. The predicted octanol–water partition coefficient (Wildman–Crippen LogP) is 2.44. The van der Waals surface area contributed by atoms with E-state index in [9.17, 15) is 9.18 Å². The Morgan fingerprint density at radius 1 is 1.24 bits per heavy atom. The lowest BCUT2D eigenvalue weighted by Crippen LogP contribution is -3.11. The SMILES string of the molecule is O=C(CCSc1ccc(F)cc1)NC[C@@H](c1ccco1)[NH+]1CCCC1. The third kappa shape index (κ3) is 5.34. The largest absolute Gasteiger partial charge is 0.463 e. The summed E-state index contributed by atoms with van der Waals surface area (Å²) < 4.78 is 18.5. The number of rotatable bonds is 8. The zero-order valence-corrected chi connectivity index (χ0v) is 15.0. The van der Waals surface area contributed by atoms with Gasteiger partial charge in [-0.25, -0.2) is 4.39 Å². The summed E-state index contributed by atoms with van der Waals surface area (Å²) >= 11 is 1.56. The molecule has 2 N–H and O–H groups in total. The van der Waals surface area contributed by atoms with Crippen LogP contribution in [0.2, 0.25) is 0 Å². The van der Waals surface area contributed by atoms with Gasteiger partial charge in [-0.1, -0.05) is 0 Å². The molecule has 6 heteroatoms. The van der Waals surface area contributed by atoms with Crippen LogP contribution in [-0.2, 0) is 4.79 Å². The second-order valence-corrected chi connectivity index (χ2v) is 7.46. The van der Waals surface area contributed by atoms with Crippen molar-refractivity contribution >= 4 is 17.7 Å². The number of halogens is 1. The van der Waals surface area contributed by atoms with Crippen molar-refractivity contribution < 1.29 is 18.5 Å². The number of furan rings is 1. The summed E-state index contributed by atoms with van der Waals surface area (Å²) in [7, 11) is 0. The van der Waals surface area contributed by atoms with Gasteiger partial charge in [0.2, 0.25) is 5.91 Å². The van der Waals surface area contributed by atoms with Crippen molar-refractivity contribution in [3.05, 3.63) is 54.2 Å². The first-order valence-electron chi connectivity index (χ1n) is 8.75. The maximum absolute atomic E-state index is 12.9. The first kappa shape index (κ1) is 18.0. The first-order valence-corrected chi connectivity index (χ1v) is 9.74. The Bertz CT molecular complexity index is 655. The third-order valence-electron chi connectivity index (χ3n) is 4.54. The highest BCUT2D eigenvalue weighted by Gasteiger charge is 2.29. The van der Waals surface area contributed by atoms with Gasteiger partial charge in [-0.15, -0.1) is 11.8 Å². The van der Waals surface area contributed by atoms with Crippen LogP contribution < -0.4 is 10.2 Å². The zero-order chi connectivity index (χ0) is 17.5. The highest BCUT2D eigenvalue weighted by molar-refractivity contribution is 7.99. The predicted molar refractivity (Wildman–Crippen MR) is 96.1 cm³/mol. The molecule has 1 fully saturated rings. The van der Waals surface area contributed by atoms with Gasteiger partial charge in [-0.2, -0.15) is 0 Å². The third-order valence-corrected chi connectivity index (χ3v) is 5.55. The van der Waals surface area contributed by atoms with Crippen molar-refractivity contribution in [2.45, 2.75) is 30.2 Å². The molecule has 1 aliphatic rings. The molecule has 3 rings (SSSR count). The topological polar surface area (TPSA) is 46.7 Å². The Morgan fingerprint density at radius 3 is 2.68 bits per heavy atom. The van der Waals surface area contributed by atoms with E-state index in [1.54, 1.807) is 30.2 Å². The molecule has 0 bridgehead atoms. The molecule has 134 valence electrons. The fourth-order valence-electron chi connectivity index (χ4n) is 3.21. The summed E-state index contributed by atoms with van der Waals surface area (Å²) in [5, 5.41) is 3.05. The maximum Gasteiger partial charge on any atom is 0.221 e. The van der Waals surface area contributed by atoms with Gasteiger partial charge in [0.1, 0.15) is 5.82 Å². The number of nitrogens with one attached hydrogen (secondary N) is 2. The van der Waals surface area contributed by atoms with E-state index >= 15 is 0 Å². The van der Waals surface area contributed by atoms with Gasteiger partial charge in [-0.3, -0.25) is 4.79 Å². The molecule has 0 saturated carbocycles. The molecule has 2 aromatic rings. The molecule has 25 heavy (non-hydrogen) atoms. The standard InChI is InChI=1S/C19H23FN2O2S/c20-15-5-7-16(8-6-15)25-13-9-19(23)21-14-17(18-4-3-12-24-18)22-10-1-2-11-22/h3-8,12,17H,1-2,9-11,13-14H2,(H,21,23)/p+1/t17-/m0/s1. The fraction of sp³-hybridized carbons (Fsp3) is 0.421. The van der Waals surface area contributed by atoms with Gasteiger partial charge in [0.15, 0.2) is 11.8 Å². The van der Waals surface area contributed by atoms with Gasteiger partial charge < -0.3 is 14.6 Å². The molecule has 0 unspecified atom stereocenters. The van der Waals surface area contributed by atoms with Gasteiger partial charge in [0.25, 0.3) is 0 Å². The molecule has 1 aromatic carbocycles. The Morgan fingerprint density at radius 2 is 2.00 bits per heavy atom. The minimum absolute atomic E-state index is 0.0461. The summed E-state index contributed by atoms with van der Waals surface area (Å²) in [6, 6.07) is 10.4. The molecule has 0 aliphatic carbocycles. The summed E-state index contributed by atoms with van der Waals surface area (Å²) in [6.07, 6.45) is 4.60. The van der Waals surface area contributed by atoms with E-state index in [-0.39, 0.29) is 17.8 Å². The number of amides is 1.